The molecule has 0 unspecified atom stereocenters. The second-order valence-electron chi connectivity index (χ2n) is 6.28. The summed E-state index contributed by atoms with van der Waals surface area (Å²) in [5.41, 5.74) is 0.970. The van der Waals surface area contributed by atoms with Gasteiger partial charge in [0.1, 0.15) is 17.9 Å². The van der Waals surface area contributed by atoms with Gasteiger partial charge < -0.3 is 15.7 Å². The Hall–Kier alpha value is -2.74. The van der Waals surface area contributed by atoms with E-state index in [4.69, 9.17) is 0 Å². The predicted octanol–water partition coefficient (Wildman–Crippen LogP) is 2.45. The highest BCUT2D eigenvalue weighted by Crippen LogP contribution is 2.13. The van der Waals surface area contributed by atoms with Crippen molar-refractivity contribution in [2.75, 3.05) is 0 Å². The molecule has 3 N–H and O–H groups in total. The molecule has 0 aliphatic heterocycles. The van der Waals surface area contributed by atoms with E-state index in [2.05, 4.69) is 26.6 Å². The maximum absolute atomic E-state index is 13.9. The Morgan fingerprint density at radius 3 is 2.21 bits per heavy atom. The van der Waals surface area contributed by atoms with E-state index in [0.717, 1.165) is 10.0 Å². The van der Waals surface area contributed by atoms with E-state index in [1.165, 1.54) is 25.1 Å². The largest absolute Gasteiger partial charge is 0.480 e. The second kappa shape index (κ2) is 9.98. The molecule has 2 aromatic carbocycles. The van der Waals surface area contributed by atoms with Gasteiger partial charge in [-0.3, -0.25) is 9.59 Å². The van der Waals surface area contributed by atoms with Crippen molar-refractivity contribution in [1.29, 1.82) is 0 Å². The third kappa shape index (κ3) is 6.45. The Bertz CT molecular complexity index is 858. The van der Waals surface area contributed by atoms with Gasteiger partial charge in [-0.1, -0.05) is 46.3 Å². The van der Waals surface area contributed by atoms with Crippen LogP contribution in [0.15, 0.2) is 53.0 Å². The normalized spacial score (nSPS) is 12.7. The van der Waals surface area contributed by atoms with Gasteiger partial charge in [-0.15, -0.1) is 0 Å². The van der Waals surface area contributed by atoms with Crippen molar-refractivity contribution in [2.24, 2.45) is 0 Å². The second-order valence-corrected chi connectivity index (χ2v) is 7.19. The summed E-state index contributed by atoms with van der Waals surface area (Å²) >= 11 is 3.30. The van der Waals surface area contributed by atoms with Gasteiger partial charge in [-0.2, -0.15) is 0 Å². The maximum atomic E-state index is 13.9. The predicted molar refractivity (Wildman–Crippen MR) is 105 cm³/mol. The molecule has 6 nitrogen and oxygen atoms in total. The highest BCUT2D eigenvalue weighted by molar-refractivity contribution is 9.10. The highest BCUT2D eigenvalue weighted by Gasteiger charge is 2.27. The first-order valence-corrected chi connectivity index (χ1v) is 9.33. The summed E-state index contributed by atoms with van der Waals surface area (Å²) in [6.07, 6.45) is -0.0243. The number of amides is 2. The van der Waals surface area contributed by atoms with Crippen LogP contribution >= 0.6 is 15.9 Å². The van der Waals surface area contributed by atoms with E-state index < -0.39 is 35.7 Å². The monoisotopic (exact) mass is 450 g/mol. The molecule has 28 heavy (non-hydrogen) atoms. The quantitative estimate of drug-likeness (QED) is 0.575. The summed E-state index contributed by atoms with van der Waals surface area (Å²) in [5.74, 6) is -2.88. The van der Waals surface area contributed by atoms with Crippen LogP contribution in [0.2, 0.25) is 0 Å². The Morgan fingerprint density at radius 2 is 1.64 bits per heavy atom. The average Bonchev–Trinajstić information content (AvgIpc) is 2.63. The summed E-state index contributed by atoms with van der Waals surface area (Å²) in [7, 11) is 0. The fourth-order valence-corrected chi connectivity index (χ4v) is 2.93. The Kier molecular flexibility index (Phi) is 7.69. The molecule has 148 valence electrons. The van der Waals surface area contributed by atoms with Crippen LogP contribution in [0.5, 0.6) is 0 Å². The fraction of sp³-hybridized carbons (Fsp3) is 0.250. The molecule has 0 fully saturated rings. The Balaban J connectivity index is 2.14. The van der Waals surface area contributed by atoms with Crippen LogP contribution in [-0.2, 0) is 27.2 Å². The van der Waals surface area contributed by atoms with E-state index in [0.29, 0.717) is 0 Å². The fourth-order valence-electron chi connectivity index (χ4n) is 2.67. The molecular weight excluding hydrogens is 431 g/mol. The number of carboxylic acids is 1. The van der Waals surface area contributed by atoms with Crippen LogP contribution in [-0.4, -0.2) is 35.0 Å². The number of carbonyl (C=O) groups excluding carboxylic acids is 2. The molecule has 8 heteroatoms. The molecule has 2 atom stereocenters. The zero-order valence-corrected chi connectivity index (χ0v) is 16.7. The van der Waals surface area contributed by atoms with Crippen molar-refractivity contribution in [3.63, 3.8) is 0 Å². The number of hydrogen-bond donors (Lipinski definition) is 3. The summed E-state index contributed by atoms with van der Waals surface area (Å²) in [5, 5.41) is 14.4. The number of nitrogens with one attached hydrogen (secondary N) is 2. The van der Waals surface area contributed by atoms with E-state index in [-0.39, 0.29) is 18.4 Å². The molecule has 0 aliphatic carbocycles. The van der Waals surface area contributed by atoms with E-state index in [1.54, 1.807) is 30.3 Å². The van der Waals surface area contributed by atoms with E-state index in [1.807, 2.05) is 0 Å². The van der Waals surface area contributed by atoms with Crippen LogP contribution in [0.4, 0.5) is 4.39 Å². The number of carboxylic acid groups (broad SMARTS) is 1. The number of rotatable bonds is 8. The van der Waals surface area contributed by atoms with Crippen molar-refractivity contribution in [1.82, 2.24) is 10.6 Å². The SMILES string of the molecule is CC(=O)N[C@H](Cc1ccccc1F)C(=O)N[C@@H](Cc1ccc(Br)cc1)C(=O)O. The number of benzene rings is 2. The zero-order valence-electron chi connectivity index (χ0n) is 15.1. The van der Waals surface area contributed by atoms with Gasteiger partial charge in [0.2, 0.25) is 11.8 Å². The summed E-state index contributed by atoms with van der Waals surface area (Å²) < 4.78 is 14.8. The molecule has 0 aromatic heterocycles. The topological polar surface area (TPSA) is 95.5 Å². The first-order valence-electron chi connectivity index (χ1n) is 8.54. The van der Waals surface area contributed by atoms with Gasteiger partial charge in [0, 0.05) is 24.2 Å². The molecule has 0 aliphatic rings. The van der Waals surface area contributed by atoms with Crippen LogP contribution in [0.3, 0.4) is 0 Å². The molecule has 2 aromatic rings. The maximum Gasteiger partial charge on any atom is 0.326 e. The van der Waals surface area contributed by atoms with Crippen molar-refractivity contribution < 1.29 is 23.9 Å². The van der Waals surface area contributed by atoms with Crippen molar-refractivity contribution in [3.8, 4) is 0 Å². The number of hydrogen-bond acceptors (Lipinski definition) is 3. The molecule has 0 bridgehead atoms. The van der Waals surface area contributed by atoms with Gasteiger partial charge in [0.15, 0.2) is 0 Å². The van der Waals surface area contributed by atoms with E-state index >= 15 is 0 Å². The van der Waals surface area contributed by atoms with Gasteiger partial charge in [0.05, 0.1) is 0 Å². The van der Waals surface area contributed by atoms with Crippen LogP contribution in [0.1, 0.15) is 18.1 Å². The molecule has 0 saturated heterocycles. The number of halogens is 2. The first-order chi connectivity index (χ1) is 13.3. The molecule has 0 radical (unpaired) electrons. The minimum Gasteiger partial charge on any atom is -0.480 e. The number of carbonyl (C=O) groups is 3. The number of aliphatic carboxylic acids is 1. The highest BCUT2D eigenvalue weighted by atomic mass is 79.9. The first kappa shape index (κ1) is 21.6. The zero-order chi connectivity index (χ0) is 20.7. The molecule has 0 saturated carbocycles. The Labute approximate surface area is 170 Å². The summed E-state index contributed by atoms with van der Waals surface area (Å²) in [6.45, 7) is 1.23. The van der Waals surface area contributed by atoms with Crippen LogP contribution < -0.4 is 10.6 Å². The lowest BCUT2D eigenvalue weighted by Gasteiger charge is -2.21. The molecule has 2 rings (SSSR count). The van der Waals surface area contributed by atoms with Crippen LogP contribution in [0, 0.1) is 5.82 Å². The van der Waals surface area contributed by atoms with Crippen molar-refractivity contribution in [3.05, 3.63) is 69.9 Å². The molecule has 0 heterocycles. The molecular formula is C20H20BrFN2O4. The third-order valence-electron chi connectivity index (χ3n) is 4.04. The lowest BCUT2D eigenvalue weighted by atomic mass is 10.0. The minimum absolute atomic E-state index is 0.0703. The summed E-state index contributed by atoms with van der Waals surface area (Å²) in [4.78, 5) is 35.7. The lowest BCUT2D eigenvalue weighted by Crippen LogP contribution is -2.52. The summed E-state index contributed by atoms with van der Waals surface area (Å²) in [6, 6.07) is 10.7. The van der Waals surface area contributed by atoms with Crippen molar-refractivity contribution in [2.45, 2.75) is 31.8 Å². The van der Waals surface area contributed by atoms with Gasteiger partial charge >= 0.3 is 5.97 Å². The van der Waals surface area contributed by atoms with Crippen LogP contribution in [0.25, 0.3) is 0 Å². The third-order valence-corrected chi connectivity index (χ3v) is 4.57. The molecule has 2 amide bonds. The van der Waals surface area contributed by atoms with Gasteiger partial charge in [0.25, 0.3) is 0 Å². The van der Waals surface area contributed by atoms with Crippen molar-refractivity contribution >= 4 is 33.7 Å². The average molecular weight is 451 g/mol. The van der Waals surface area contributed by atoms with Gasteiger partial charge in [-0.25, -0.2) is 9.18 Å². The molecule has 0 spiro atoms. The lowest BCUT2D eigenvalue weighted by molar-refractivity contribution is -0.142. The minimum atomic E-state index is -1.20. The Morgan fingerprint density at radius 1 is 1.00 bits per heavy atom. The van der Waals surface area contributed by atoms with E-state index in [9.17, 15) is 23.9 Å². The standard InChI is InChI=1S/C20H20BrFN2O4/c1-12(25)23-17(11-14-4-2-3-5-16(14)22)19(26)24-18(20(27)28)10-13-6-8-15(21)9-7-13/h2-9,17-18H,10-11H2,1H3,(H,23,25)(H,24,26)(H,27,28)/t17-,18+/m1/s1. The van der Waals surface area contributed by atoms with Gasteiger partial charge in [-0.05, 0) is 29.3 Å². The smallest absolute Gasteiger partial charge is 0.326 e.